The Balaban J connectivity index is 1.75. The number of amides is 3. The molecule has 0 saturated heterocycles. The first-order chi connectivity index (χ1) is 12.6. The van der Waals surface area contributed by atoms with Gasteiger partial charge in [-0.15, -0.1) is 0 Å². The van der Waals surface area contributed by atoms with E-state index in [2.05, 4.69) is 16.0 Å². The highest BCUT2D eigenvalue weighted by atomic mass is 32.1. The molecule has 1 heterocycles. The monoisotopic (exact) mass is 375 g/mol. The first-order valence-electron chi connectivity index (χ1n) is 8.18. The number of carbonyl (C=O) groups is 3. The summed E-state index contributed by atoms with van der Waals surface area (Å²) in [6, 6.07) is 8.52. The van der Waals surface area contributed by atoms with Crippen molar-refractivity contribution in [1.29, 1.82) is 0 Å². The first-order valence-corrected chi connectivity index (χ1v) is 9.12. The summed E-state index contributed by atoms with van der Waals surface area (Å²) in [5.74, 6) is -0.139. The minimum atomic E-state index is -0.225. The van der Waals surface area contributed by atoms with E-state index in [4.69, 9.17) is 4.74 Å². The Morgan fingerprint density at radius 1 is 1.12 bits per heavy atom. The van der Waals surface area contributed by atoms with Gasteiger partial charge in [0.25, 0.3) is 11.8 Å². The second-order valence-electron chi connectivity index (χ2n) is 5.34. The van der Waals surface area contributed by atoms with E-state index in [1.807, 2.05) is 12.3 Å². The Hall–Kier alpha value is -2.87. The largest absolute Gasteiger partial charge is 0.484 e. The van der Waals surface area contributed by atoms with Crippen LogP contribution in [0.25, 0.3) is 0 Å². The third-order valence-electron chi connectivity index (χ3n) is 3.28. The van der Waals surface area contributed by atoms with Crippen molar-refractivity contribution in [1.82, 2.24) is 10.6 Å². The fourth-order valence-electron chi connectivity index (χ4n) is 2.07. The number of rotatable bonds is 9. The fraction of sp³-hybridized carbons (Fsp3) is 0.278. The number of anilines is 1. The highest BCUT2D eigenvalue weighted by Gasteiger charge is 2.08. The number of nitrogens with one attached hydrogen (secondary N) is 3. The molecule has 0 fully saturated rings. The van der Waals surface area contributed by atoms with Gasteiger partial charge in [-0.3, -0.25) is 14.4 Å². The lowest BCUT2D eigenvalue weighted by Crippen LogP contribution is -2.28. The molecular formula is C18H21N3O4S. The second kappa shape index (κ2) is 10.2. The summed E-state index contributed by atoms with van der Waals surface area (Å²) in [4.78, 5) is 35.2. The Morgan fingerprint density at radius 2 is 1.96 bits per heavy atom. The molecule has 0 atom stereocenters. The minimum Gasteiger partial charge on any atom is -0.484 e. The van der Waals surface area contributed by atoms with Gasteiger partial charge in [0.15, 0.2) is 6.61 Å². The maximum absolute atomic E-state index is 12.0. The van der Waals surface area contributed by atoms with Crippen LogP contribution in [-0.2, 0) is 9.59 Å². The maximum atomic E-state index is 12.0. The molecule has 1 aromatic carbocycles. The van der Waals surface area contributed by atoms with Gasteiger partial charge in [0, 0.05) is 42.2 Å². The van der Waals surface area contributed by atoms with Gasteiger partial charge >= 0.3 is 0 Å². The lowest BCUT2D eigenvalue weighted by Gasteiger charge is -2.09. The zero-order chi connectivity index (χ0) is 18.8. The van der Waals surface area contributed by atoms with Crippen LogP contribution in [0.4, 0.5) is 5.69 Å². The van der Waals surface area contributed by atoms with Crippen LogP contribution in [0.2, 0.25) is 0 Å². The normalized spacial score (nSPS) is 10.0. The van der Waals surface area contributed by atoms with Crippen LogP contribution in [0.1, 0.15) is 23.7 Å². The zero-order valence-corrected chi connectivity index (χ0v) is 15.2. The average Bonchev–Trinajstić information content (AvgIpc) is 3.15. The van der Waals surface area contributed by atoms with Crippen molar-refractivity contribution >= 4 is 34.7 Å². The smallest absolute Gasteiger partial charge is 0.257 e. The van der Waals surface area contributed by atoms with Gasteiger partial charge in [-0.1, -0.05) is 6.07 Å². The number of carbonyl (C=O) groups excluding carboxylic acids is 3. The van der Waals surface area contributed by atoms with E-state index in [1.54, 1.807) is 35.7 Å². The van der Waals surface area contributed by atoms with E-state index in [0.29, 0.717) is 23.5 Å². The van der Waals surface area contributed by atoms with Crippen LogP contribution < -0.4 is 20.7 Å². The van der Waals surface area contributed by atoms with Crippen molar-refractivity contribution in [3.05, 3.63) is 46.7 Å². The molecule has 0 unspecified atom stereocenters. The van der Waals surface area contributed by atoms with Crippen LogP contribution in [0.15, 0.2) is 41.1 Å². The van der Waals surface area contributed by atoms with Crippen LogP contribution in [0, 0.1) is 0 Å². The number of hydrogen-bond acceptors (Lipinski definition) is 5. The number of thiophene rings is 1. The molecule has 0 aliphatic carbocycles. The molecule has 0 bridgehead atoms. The molecule has 0 spiro atoms. The lowest BCUT2D eigenvalue weighted by molar-refractivity contribution is -0.123. The number of hydrogen-bond donors (Lipinski definition) is 3. The summed E-state index contributed by atoms with van der Waals surface area (Å²) in [6.07, 6.45) is 0.153. The van der Waals surface area contributed by atoms with E-state index in [1.165, 1.54) is 11.3 Å². The molecule has 2 rings (SSSR count). The van der Waals surface area contributed by atoms with E-state index >= 15 is 0 Å². The Kier molecular flexibility index (Phi) is 7.63. The maximum Gasteiger partial charge on any atom is 0.257 e. The SMILES string of the molecule is CCNC(=O)COc1cccc(NC(=O)CCNC(=O)c2ccsc2)c1. The Morgan fingerprint density at radius 3 is 2.69 bits per heavy atom. The Labute approximate surface area is 155 Å². The summed E-state index contributed by atoms with van der Waals surface area (Å²) in [6.45, 7) is 2.53. The summed E-state index contributed by atoms with van der Waals surface area (Å²) < 4.78 is 5.38. The van der Waals surface area contributed by atoms with Crippen molar-refractivity contribution in [2.75, 3.05) is 25.0 Å². The van der Waals surface area contributed by atoms with E-state index in [0.717, 1.165) is 0 Å². The van der Waals surface area contributed by atoms with Crippen molar-refractivity contribution < 1.29 is 19.1 Å². The molecule has 138 valence electrons. The topological polar surface area (TPSA) is 96.5 Å². The number of ether oxygens (including phenoxy) is 1. The van der Waals surface area contributed by atoms with Gasteiger partial charge in [0.05, 0.1) is 0 Å². The van der Waals surface area contributed by atoms with Gasteiger partial charge in [0.1, 0.15) is 5.75 Å². The molecule has 0 aliphatic rings. The van der Waals surface area contributed by atoms with Crippen molar-refractivity contribution in [2.45, 2.75) is 13.3 Å². The fourth-order valence-corrected chi connectivity index (χ4v) is 2.71. The van der Waals surface area contributed by atoms with Gasteiger partial charge in [0.2, 0.25) is 5.91 Å². The average molecular weight is 375 g/mol. The predicted molar refractivity (Wildman–Crippen MR) is 101 cm³/mol. The van der Waals surface area contributed by atoms with Gasteiger partial charge in [-0.25, -0.2) is 0 Å². The predicted octanol–water partition coefficient (Wildman–Crippen LogP) is 2.02. The molecule has 3 N–H and O–H groups in total. The quantitative estimate of drug-likeness (QED) is 0.625. The molecule has 8 heteroatoms. The van der Waals surface area contributed by atoms with Crippen molar-refractivity contribution in [3.8, 4) is 5.75 Å². The summed E-state index contributed by atoms with van der Waals surface area (Å²) in [5.41, 5.74) is 1.15. The van der Waals surface area contributed by atoms with Crippen LogP contribution in [-0.4, -0.2) is 37.4 Å². The van der Waals surface area contributed by atoms with E-state index in [-0.39, 0.29) is 37.3 Å². The van der Waals surface area contributed by atoms with E-state index < -0.39 is 0 Å². The van der Waals surface area contributed by atoms with Gasteiger partial charge < -0.3 is 20.7 Å². The first kappa shape index (κ1) is 19.5. The number of benzene rings is 1. The molecule has 1 aromatic heterocycles. The lowest BCUT2D eigenvalue weighted by atomic mass is 10.2. The summed E-state index contributed by atoms with van der Waals surface area (Å²) in [5, 5.41) is 11.6. The van der Waals surface area contributed by atoms with Gasteiger partial charge in [-0.05, 0) is 30.5 Å². The van der Waals surface area contributed by atoms with Crippen LogP contribution in [0.3, 0.4) is 0 Å². The van der Waals surface area contributed by atoms with Crippen LogP contribution >= 0.6 is 11.3 Å². The van der Waals surface area contributed by atoms with Crippen LogP contribution in [0.5, 0.6) is 5.75 Å². The highest BCUT2D eigenvalue weighted by Crippen LogP contribution is 2.17. The molecule has 7 nitrogen and oxygen atoms in total. The highest BCUT2D eigenvalue weighted by molar-refractivity contribution is 7.08. The molecule has 0 radical (unpaired) electrons. The zero-order valence-electron chi connectivity index (χ0n) is 14.4. The molecule has 0 saturated carbocycles. The molecule has 3 amide bonds. The third-order valence-corrected chi connectivity index (χ3v) is 3.97. The second-order valence-corrected chi connectivity index (χ2v) is 6.12. The van der Waals surface area contributed by atoms with Crippen molar-refractivity contribution in [2.24, 2.45) is 0 Å². The standard InChI is InChI=1S/C18H21N3O4S/c1-2-19-17(23)11-25-15-5-3-4-14(10-15)21-16(22)6-8-20-18(24)13-7-9-26-12-13/h3-5,7,9-10,12H,2,6,8,11H2,1H3,(H,19,23)(H,20,24)(H,21,22). The third kappa shape index (κ3) is 6.56. The summed E-state index contributed by atoms with van der Waals surface area (Å²) >= 11 is 1.44. The van der Waals surface area contributed by atoms with Gasteiger partial charge in [-0.2, -0.15) is 11.3 Å². The summed E-state index contributed by atoms with van der Waals surface area (Å²) in [7, 11) is 0. The minimum absolute atomic E-state index is 0.0835. The number of likely N-dealkylation sites (N-methyl/N-ethyl adjacent to an activating group) is 1. The molecular weight excluding hydrogens is 354 g/mol. The molecule has 0 aliphatic heterocycles. The van der Waals surface area contributed by atoms with E-state index in [9.17, 15) is 14.4 Å². The van der Waals surface area contributed by atoms with Crippen molar-refractivity contribution in [3.63, 3.8) is 0 Å². The molecule has 2 aromatic rings. The Bertz CT molecular complexity index is 747. The molecule has 26 heavy (non-hydrogen) atoms.